The number of aromatic nitrogens is 1. The van der Waals surface area contributed by atoms with Crippen LogP contribution >= 0.6 is 11.3 Å². The molecule has 0 aliphatic carbocycles. The molecule has 0 amide bonds. The second-order valence-corrected chi connectivity index (χ2v) is 4.84. The van der Waals surface area contributed by atoms with E-state index in [4.69, 9.17) is 4.74 Å². The van der Waals surface area contributed by atoms with Crippen molar-refractivity contribution >= 4 is 11.3 Å². The molecule has 3 nitrogen and oxygen atoms in total. The van der Waals surface area contributed by atoms with Gasteiger partial charge < -0.3 is 9.84 Å². The Balaban J connectivity index is 2.07. The molecule has 1 N–H and O–H groups in total. The molecular formula is C13H15NO2S. The van der Waals surface area contributed by atoms with Gasteiger partial charge in [-0.05, 0) is 29.5 Å². The average molecular weight is 249 g/mol. The summed E-state index contributed by atoms with van der Waals surface area (Å²) in [5, 5.41) is 12.1. The fourth-order valence-electron chi connectivity index (χ4n) is 1.69. The summed E-state index contributed by atoms with van der Waals surface area (Å²) in [5.41, 5.74) is 2.15. The van der Waals surface area contributed by atoms with Gasteiger partial charge in [-0.3, -0.25) is 0 Å². The van der Waals surface area contributed by atoms with Gasteiger partial charge in [0.15, 0.2) is 0 Å². The molecule has 1 atom stereocenters. The second kappa shape index (κ2) is 5.29. The Bertz CT molecular complexity index is 478. The molecule has 0 saturated carbocycles. The highest BCUT2D eigenvalue weighted by Crippen LogP contribution is 2.26. The van der Waals surface area contributed by atoms with Gasteiger partial charge in [0, 0.05) is 23.6 Å². The van der Waals surface area contributed by atoms with E-state index in [0.717, 1.165) is 16.0 Å². The van der Waals surface area contributed by atoms with Crippen LogP contribution in [0.2, 0.25) is 0 Å². The van der Waals surface area contributed by atoms with Crippen LogP contribution in [0.1, 0.15) is 22.1 Å². The minimum Gasteiger partial charge on any atom is -0.481 e. The molecule has 2 aromatic heterocycles. The van der Waals surface area contributed by atoms with Crippen LogP contribution in [0.5, 0.6) is 5.88 Å². The molecule has 0 radical (unpaired) electrons. The zero-order chi connectivity index (χ0) is 12.3. The average Bonchev–Trinajstić information content (AvgIpc) is 2.76. The first-order chi connectivity index (χ1) is 8.20. The Labute approximate surface area is 105 Å². The lowest BCUT2D eigenvalue weighted by atomic mass is 10.1. The Morgan fingerprint density at radius 3 is 2.76 bits per heavy atom. The van der Waals surface area contributed by atoms with E-state index in [1.165, 1.54) is 0 Å². The molecule has 0 fully saturated rings. The zero-order valence-corrected chi connectivity index (χ0v) is 10.7. The number of methoxy groups -OCH3 is 1. The number of pyridine rings is 1. The molecular weight excluding hydrogens is 234 g/mol. The lowest BCUT2D eigenvalue weighted by Crippen LogP contribution is -2.01. The summed E-state index contributed by atoms with van der Waals surface area (Å²) in [6.45, 7) is 2.02. The van der Waals surface area contributed by atoms with E-state index in [-0.39, 0.29) is 0 Å². The fraction of sp³-hybridized carbons (Fsp3) is 0.308. The number of aryl methyl sites for hydroxylation is 1. The van der Waals surface area contributed by atoms with Gasteiger partial charge >= 0.3 is 0 Å². The molecule has 2 aromatic rings. The number of hydrogen-bond donors (Lipinski definition) is 1. The zero-order valence-electron chi connectivity index (χ0n) is 9.88. The van der Waals surface area contributed by atoms with Crippen LogP contribution in [-0.2, 0) is 6.42 Å². The van der Waals surface area contributed by atoms with Crippen molar-refractivity contribution in [3.8, 4) is 5.88 Å². The number of nitrogens with zero attached hydrogens (tertiary/aromatic N) is 1. The van der Waals surface area contributed by atoms with Gasteiger partial charge in [-0.25, -0.2) is 4.98 Å². The number of thiophene rings is 1. The van der Waals surface area contributed by atoms with Crippen LogP contribution in [-0.4, -0.2) is 17.2 Å². The molecule has 0 aliphatic rings. The maximum Gasteiger partial charge on any atom is 0.212 e. The quantitative estimate of drug-likeness (QED) is 0.906. The summed E-state index contributed by atoms with van der Waals surface area (Å²) >= 11 is 1.59. The van der Waals surface area contributed by atoms with Crippen molar-refractivity contribution in [2.75, 3.05) is 7.11 Å². The number of hydrogen-bond acceptors (Lipinski definition) is 4. The van der Waals surface area contributed by atoms with Crippen molar-refractivity contribution in [2.24, 2.45) is 0 Å². The molecule has 0 aliphatic heterocycles. The molecule has 90 valence electrons. The Hall–Kier alpha value is -1.39. The number of ether oxygens (including phenoxy) is 1. The molecule has 0 spiro atoms. The van der Waals surface area contributed by atoms with Gasteiger partial charge in [-0.15, -0.1) is 11.3 Å². The summed E-state index contributed by atoms with van der Waals surface area (Å²) in [7, 11) is 1.59. The topological polar surface area (TPSA) is 42.4 Å². The van der Waals surface area contributed by atoms with E-state index in [1.807, 2.05) is 30.5 Å². The van der Waals surface area contributed by atoms with Gasteiger partial charge in [0.1, 0.15) is 0 Å². The van der Waals surface area contributed by atoms with Crippen LogP contribution in [0, 0.1) is 6.92 Å². The maximum atomic E-state index is 10.1. The highest BCUT2D eigenvalue weighted by molar-refractivity contribution is 7.10. The van der Waals surface area contributed by atoms with E-state index >= 15 is 0 Å². The maximum absolute atomic E-state index is 10.1. The van der Waals surface area contributed by atoms with Crippen molar-refractivity contribution in [1.82, 2.24) is 4.98 Å². The Morgan fingerprint density at radius 2 is 2.24 bits per heavy atom. The second-order valence-electron chi connectivity index (χ2n) is 3.90. The van der Waals surface area contributed by atoms with Crippen molar-refractivity contribution in [2.45, 2.75) is 19.4 Å². The van der Waals surface area contributed by atoms with Crippen molar-refractivity contribution in [1.29, 1.82) is 0 Å². The minimum absolute atomic E-state index is 0.454. The largest absolute Gasteiger partial charge is 0.481 e. The summed E-state index contributed by atoms with van der Waals surface area (Å²) < 4.78 is 4.99. The van der Waals surface area contributed by atoms with Crippen LogP contribution < -0.4 is 4.74 Å². The lowest BCUT2D eigenvalue weighted by Gasteiger charge is -2.10. The van der Waals surface area contributed by atoms with Crippen LogP contribution in [0.15, 0.2) is 29.8 Å². The van der Waals surface area contributed by atoms with E-state index < -0.39 is 6.10 Å². The SMILES string of the molecule is COc1ccc(CC(O)c2sccc2C)cn1. The fourth-order valence-corrected chi connectivity index (χ4v) is 2.61. The van der Waals surface area contributed by atoms with Crippen LogP contribution in [0.25, 0.3) is 0 Å². The summed E-state index contributed by atoms with van der Waals surface area (Å²) in [4.78, 5) is 5.15. The number of aliphatic hydroxyl groups excluding tert-OH is 1. The predicted octanol–water partition coefficient (Wildman–Crippen LogP) is 2.74. The van der Waals surface area contributed by atoms with Crippen molar-refractivity contribution in [3.63, 3.8) is 0 Å². The van der Waals surface area contributed by atoms with Crippen molar-refractivity contribution < 1.29 is 9.84 Å². The summed E-state index contributed by atoms with van der Waals surface area (Å²) in [6, 6.07) is 5.76. The third kappa shape index (κ3) is 2.84. The van der Waals surface area contributed by atoms with Crippen LogP contribution in [0.4, 0.5) is 0 Å². The Morgan fingerprint density at radius 1 is 1.41 bits per heavy atom. The van der Waals surface area contributed by atoms with E-state index in [9.17, 15) is 5.11 Å². The number of aliphatic hydroxyl groups is 1. The number of rotatable bonds is 4. The molecule has 2 heterocycles. The van der Waals surface area contributed by atoms with Crippen LogP contribution in [0.3, 0.4) is 0 Å². The van der Waals surface area contributed by atoms with E-state index in [2.05, 4.69) is 4.98 Å². The molecule has 0 saturated heterocycles. The minimum atomic E-state index is -0.454. The highest BCUT2D eigenvalue weighted by atomic mass is 32.1. The molecule has 0 aromatic carbocycles. The summed E-state index contributed by atoms with van der Waals surface area (Å²) in [5.74, 6) is 0.593. The van der Waals surface area contributed by atoms with Gasteiger partial charge in [-0.2, -0.15) is 0 Å². The molecule has 17 heavy (non-hydrogen) atoms. The molecule has 2 rings (SSSR count). The smallest absolute Gasteiger partial charge is 0.212 e. The Kier molecular flexibility index (Phi) is 3.76. The lowest BCUT2D eigenvalue weighted by molar-refractivity contribution is 0.181. The standard InChI is InChI=1S/C13H15NO2S/c1-9-5-6-17-13(9)11(15)7-10-3-4-12(16-2)14-8-10/h3-6,8,11,15H,7H2,1-2H3. The molecule has 4 heteroatoms. The summed E-state index contributed by atoms with van der Waals surface area (Å²) in [6.07, 6.45) is 1.87. The van der Waals surface area contributed by atoms with Gasteiger partial charge in [0.2, 0.25) is 5.88 Å². The first kappa shape index (κ1) is 12.1. The molecule has 1 unspecified atom stereocenters. The monoisotopic (exact) mass is 249 g/mol. The normalized spacial score (nSPS) is 12.4. The first-order valence-corrected chi connectivity index (χ1v) is 6.29. The van der Waals surface area contributed by atoms with Gasteiger partial charge in [-0.1, -0.05) is 6.07 Å². The van der Waals surface area contributed by atoms with Crippen molar-refractivity contribution in [3.05, 3.63) is 45.8 Å². The van der Waals surface area contributed by atoms with Gasteiger partial charge in [0.25, 0.3) is 0 Å². The third-order valence-corrected chi connectivity index (χ3v) is 3.76. The highest BCUT2D eigenvalue weighted by Gasteiger charge is 2.12. The van der Waals surface area contributed by atoms with E-state index in [1.54, 1.807) is 24.6 Å². The predicted molar refractivity (Wildman–Crippen MR) is 68.5 cm³/mol. The third-order valence-electron chi connectivity index (χ3n) is 2.64. The van der Waals surface area contributed by atoms with Gasteiger partial charge in [0.05, 0.1) is 13.2 Å². The molecule has 0 bridgehead atoms. The first-order valence-electron chi connectivity index (χ1n) is 5.41. The van der Waals surface area contributed by atoms with E-state index in [0.29, 0.717) is 12.3 Å².